The normalized spacial score (nSPS) is 19.8. The Morgan fingerprint density at radius 2 is 1.69 bits per heavy atom. The van der Waals surface area contributed by atoms with Gasteiger partial charge in [0.1, 0.15) is 5.82 Å². The summed E-state index contributed by atoms with van der Waals surface area (Å²) in [4.78, 5) is 36.9. The number of fused-ring (bicyclic) bond motifs is 1. The summed E-state index contributed by atoms with van der Waals surface area (Å²) in [5.41, 5.74) is 3.87. The maximum absolute atomic E-state index is 12.8. The van der Waals surface area contributed by atoms with Crippen molar-refractivity contribution in [2.75, 3.05) is 54.4 Å². The summed E-state index contributed by atoms with van der Waals surface area (Å²) in [6.45, 7) is 11.6. The first-order valence-electron chi connectivity index (χ1n) is 14.0. The fourth-order valence-corrected chi connectivity index (χ4v) is 6.14. The number of hydrogen-bond donors (Lipinski definition) is 1. The molecular formula is C31H38ClN5O2. The fourth-order valence-electron chi connectivity index (χ4n) is 5.96. The molecule has 39 heavy (non-hydrogen) atoms. The number of amides is 2. The van der Waals surface area contributed by atoms with Crippen LogP contribution in [0.1, 0.15) is 38.7 Å². The lowest BCUT2D eigenvalue weighted by molar-refractivity contribution is -0.133. The molecule has 2 aliphatic heterocycles. The first-order chi connectivity index (χ1) is 18.7. The number of aromatic nitrogens is 1. The number of pyridine rings is 1. The highest BCUT2D eigenvalue weighted by Gasteiger charge is 2.24. The summed E-state index contributed by atoms with van der Waals surface area (Å²) >= 11 is 6.12. The molecule has 0 aliphatic carbocycles. The number of rotatable bonds is 6. The third kappa shape index (κ3) is 6.64. The van der Waals surface area contributed by atoms with E-state index in [2.05, 4.69) is 42.0 Å². The van der Waals surface area contributed by atoms with Crippen molar-refractivity contribution in [1.82, 2.24) is 9.88 Å². The standard InChI is InChI=1S/C31H38ClN5O2/c1-21-15-22(2)20-37(19-21)29-16-23(3)27-18-25(7-8-28(27)34-29)33-30(38)9-10-31(39)36-13-11-35(12-14-36)26-6-4-5-24(32)17-26/h4-8,16-18,21-22H,9-15,19-20H2,1-3H3,(H,33,38). The Balaban J connectivity index is 1.14. The molecule has 2 unspecified atom stereocenters. The molecule has 2 aromatic carbocycles. The van der Waals surface area contributed by atoms with Crippen molar-refractivity contribution in [2.45, 2.75) is 40.0 Å². The van der Waals surface area contributed by atoms with Gasteiger partial charge in [0.25, 0.3) is 0 Å². The first-order valence-corrected chi connectivity index (χ1v) is 14.4. The molecule has 1 N–H and O–H groups in total. The third-order valence-corrected chi connectivity index (χ3v) is 8.09. The third-order valence-electron chi connectivity index (χ3n) is 7.85. The van der Waals surface area contributed by atoms with E-state index in [1.54, 1.807) is 0 Å². The average molecular weight is 548 g/mol. The zero-order chi connectivity index (χ0) is 27.5. The molecule has 0 saturated carbocycles. The number of carbonyl (C=O) groups excluding carboxylic acids is 2. The van der Waals surface area contributed by atoms with Gasteiger partial charge in [-0.1, -0.05) is 31.5 Å². The molecule has 1 aromatic heterocycles. The molecule has 0 radical (unpaired) electrons. The fraction of sp³-hybridized carbons (Fsp3) is 0.452. The molecule has 2 aliphatic rings. The van der Waals surface area contributed by atoms with Crippen LogP contribution in [-0.4, -0.2) is 61.0 Å². The summed E-state index contributed by atoms with van der Waals surface area (Å²) in [7, 11) is 0. The second-order valence-electron chi connectivity index (χ2n) is 11.3. The van der Waals surface area contributed by atoms with Crippen LogP contribution in [0.3, 0.4) is 0 Å². The monoisotopic (exact) mass is 547 g/mol. The topological polar surface area (TPSA) is 68.8 Å². The van der Waals surface area contributed by atoms with Crippen molar-refractivity contribution in [3.05, 3.63) is 59.1 Å². The van der Waals surface area contributed by atoms with E-state index in [4.69, 9.17) is 16.6 Å². The predicted molar refractivity (Wildman–Crippen MR) is 160 cm³/mol. The number of nitrogens with one attached hydrogen (secondary N) is 1. The average Bonchev–Trinajstić information content (AvgIpc) is 2.91. The molecule has 5 rings (SSSR count). The molecule has 2 amide bonds. The number of piperazine rings is 1. The number of benzene rings is 2. The lowest BCUT2D eigenvalue weighted by Crippen LogP contribution is -2.48. The maximum Gasteiger partial charge on any atom is 0.224 e. The van der Waals surface area contributed by atoms with E-state index >= 15 is 0 Å². The molecule has 2 atom stereocenters. The Hall–Kier alpha value is -3.32. The van der Waals surface area contributed by atoms with E-state index in [9.17, 15) is 9.59 Å². The Kier molecular flexibility index (Phi) is 8.26. The van der Waals surface area contributed by atoms with Crippen LogP contribution in [0.5, 0.6) is 0 Å². The molecule has 3 heterocycles. The molecule has 3 aromatic rings. The Labute approximate surface area is 236 Å². The van der Waals surface area contributed by atoms with Crippen LogP contribution >= 0.6 is 11.6 Å². The molecule has 7 nitrogen and oxygen atoms in total. The summed E-state index contributed by atoms with van der Waals surface area (Å²) in [6.07, 6.45) is 1.62. The number of anilines is 3. The largest absolute Gasteiger partial charge is 0.368 e. The van der Waals surface area contributed by atoms with Crippen molar-refractivity contribution in [3.8, 4) is 0 Å². The van der Waals surface area contributed by atoms with Gasteiger partial charge in [-0.2, -0.15) is 0 Å². The van der Waals surface area contributed by atoms with Crippen LogP contribution in [0.2, 0.25) is 5.02 Å². The van der Waals surface area contributed by atoms with Gasteiger partial charge in [0, 0.05) is 73.9 Å². The minimum absolute atomic E-state index is 0.0170. The molecule has 2 saturated heterocycles. The lowest BCUT2D eigenvalue weighted by atomic mass is 9.92. The van der Waals surface area contributed by atoms with Crippen molar-refractivity contribution >= 4 is 51.5 Å². The predicted octanol–water partition coefficient (Wildman–Crippen LogP) is 5.75. The maximum atomic E-state index is 12.8. The van der Waals surface area contributed by atoms with Crippen LogP contribution in [0.25, 0.3) is 10.9 Å². The summed E-state index contributed by atoms with van der Waals surface area (Å²) in [5.74, 6) is 2.22. The lowest BCUT2D eigenvalue weighted by Gasteiger charge is -2.36. The highest BCUT2D eigenvalue weighted by Crippen LogP contribution is 2.29. The van der Waals surface area contributed by atoms with Gasteiger partial charge in [0.2, 0.25) is 11.8 Å². The highest BCUT2D eigenvalue weighted by atomic mass is 35.5. The minimum atomic E-state index is -0.154. The number of piperidine rings is 1. The quantitative estimate of drug-likeness (QED) is 0.426. The van der Waals surface area contributed by atoms with Crippen molar-refractivity contribution in [2.24, 2.45) is 11.8 Å². The number of nitrogens with zero attached hydrogens (tertiary/aromatic N) is 4. The smallest absolute Gasteiger partial charge is 0.224 e. The van der Waals surface area contributed by atoms with Gasteiger partial charge >= 0.3 is 0 Å². The number of carbonyl (C=O) groups is 2. The van der Waals surface area contributed by atoms with Crippen molar-refractivity contribution in [3.63, 3.8) is 0 Å². The van der Waals surface area contributed by atoms with Gasteiger partial charge in [-0.3, -0.25) is 9.59 Å². The van der Waals surface area contributed by atoms with Crippen LogP contribution < -0.4 is 15.1 Å². The van der Waals surface area contributed by atoms with E-state index < -0.39 is 0 Å². The van der Waals surface area contributed by atoms with Crippen LogP contribution in [0.15, 0.2) is 48.5 Å². The van der Waals surface area contributed by atoms with Crippen molar-refractivity contribution < 1.29 is 9.59 Å². The molecule has 8 heteroatoms. The van der Waals surface area contributed by atoms with Crippen LogP contribution in [-0.2, 0) is 9.59 Å². The zero-order valence-electron chi connectivity index (χ0n) is 23.1. The van der Waals surface area contributed by atoms with E-state index in [1.165, 1.54) is 6.42 Å². The van der Waals surface area contributed by atoms with Gasteiger partial charge in [0.15, 0.2) is 0 Å². The second-order valence-corrected chi connectivity index (χ2v) is 11.7. The Morgan fingerprint density at radius 1 is 0.949 bits per heavy atom. The van der Waals surface area contributed by atoms with E-state index in [-0.39, 0.29) is 24.7 Å². The number of hydrogen-bond acceptors (Lipinski definition) is 5. The van der Waals surface area contributed by atoms with Crippen molar-refractivity contribution in [1.29, 1.82) is 0 Å². The molecule has 0 spiro atoms. The van der Waals surface area contributed by atoms with Crippen LogP contribution in [0.4, 0.5) is 17.2 Å². The van der Waals surface area contributed by atoms with Gasteiger partial charge in [-0.15, -0.1) is 0 Å². The number of aryl methyl sites for hydroxylation is 1. The Morgan fingerprint density at radius 3 is 2.41 bits per heavy atom. The van der Waals surface area contributed by atoms with Gasteiger partial charge in [-0.05, 0) is 73.2 Å². The molecule has 2 fully saturated rings. The van der Waals surface area contributed by atoms with Crippen LogP contribution in [0, 0.1) is 18.8 Å². The summed E-state index contributed by atoms with van der Waals surface area (Å²) < 4.78 is 0. The van der Waals surface area contributed by atoms with E-state index in [1.807, 2.05) is 47.4 Å². The molecule has 206 valence electrons. The molecule has 0 bridgehead atoms. The van der Waals surface area contributed by atoms with Gasteiger partial charge in [-0.25, -0.2) is 4.98 Å². The Bertz CT molecular complexity index is 1340. The van der Waals surface area contributed by atoms with Gasteiger partial charge < -0.3 is 20.0 Å². The SMILES string of the molecule is Cc1cc(N2CC(C)CC(C)C2)nc2ccc(NC(=O)CCC(=O)N3CCN(c4cccc(Cl)c4)CC3)cc12. The summed E-state index contributed by atoms with van der Waals surface area (Å²) in [5, 5.41) is 4.71. The minimum Gasteiger partial charge on any atom is -0.368 e. The molecular weight excluding hydrogens is 510 g/mol. The second kappa shape index (κ2) is 11.8. The number of halogens is 1. The van der Waals surface area contributed by atoms with Gasteiger partial charge in [0.05, 0.1) is 5.52 Å². The summed E-state index contributed by atoms with van der Waals surface area (Å²) in [6, 6.07) is 15.8. The van der Waals surface area contributed by atoms with E-state index in [0.717, 1.165) is 59.8 Å². The zero-order valence-corrected chi connectivity index (χ0v) is 23.9. The first kappa shape index (κ1) is 27.3. The highest BCUT2D eigenvalue weighted by molar-refractivity contribution is 6.30. The van der Waals surface area contributed by atoms with E-state index in [0.29, 0.717) is 29.9 Å².